The number of hydrogen-bond acceptors (Lipinski definition) is 6. The number of aromatic nitrogens is 4. The van der Waals surface area contributed by atoms with E-state index in [1.807, 2.05) is 44.4 Å². The van der Waals surface area contributed by atoms with Crippen molar-refractivity contribution in [3.63, 3.8) is 0 Å². The fourth-order valence-electron chi connectivity index (χ4n) is 3.60. The van der Waals surface area contributed by atoms with E-state index in [1.165, 1.54) is 11.8 Å². The maximum atomic E-state index is 12.8. The number of para-hydroxylation sites is 2. The van der Waals surface area contributed by atoms with Gasteiger partial charge in [0.05, 0.1) is 17.8 Å². The number of fused-ring (bicyclic) bond motifs is 1. The molecule has 1 aliphatic heterocycles. The molecule has 1 saturated heterocycles. The third kappa shape index (κ3) is 3.69. The number of nitrogens with zero attached hydrogens (tertiary/aromatic N) is 5. The summed E-state index contributed by atoms with van der Waals surface area (Å²) in [7, 11) is 0. The van der Waals surface area contributed by atoms with Crippen molar-refractivity contribution < 1.29 is 9.59 Å². The smallest absolute Gasteiger partial charge is 0.253 e. The number of amides is 2. The summed E-state index contributed by atoms with van der Waals surface area (Å²) in [4.78, 5) is 35.6. The van der Waals surface area contributed by atoms with E-state index in [0.717, 1.165) is 29.1 Å². The summed E-state index contributed by atoms with van der Waals surface area (Å²) in [6.45, 7) is 4.47. The van der Waals surface area contributed by atoms with E-state index in [1.54, 1.807) is 9.42 Å². The van der Waals surface area contributed by atoms with Crippen LogP contribution < -0.4 is 10.2 Å². The monoisotopic (exact) mass is 410 g/mol. The van der Waals surface area contributed by atoms with Crippen molar-refractivity contribution in [1.82, 2.24) is 19.6 Å². The summed E-state index contributed by atoms with van der Waals surface area (Å²) < 4.78 is 1.68. The quantitative estimate of drug-likeness (QED) is 0.650. The van der Waals surface area contributed by atoms with Crippen LogP contribution in [-0.2, 0) is 16.0 Å². The first-order chi connectivity index (χ1) is 14.0. The highest BCUT2D eigenvalue weighted by Crippen LogP contribution is 2.29. The predicted octanol–water partition coefficient (Wildman–Crippen LogP) is 2.77. The van der Waals surface area contributed by atoms with E-state index >= 15 is 0 Å². The number of anilines is 2. The summed E-state index contributed by atoms with van der Waals surface area (Å²) in [6, 6.07) is 7.41. The second-order valence-electron chi connectivity index (χ2n) is 6.96. The molecule has 1 N–H and O–H groups in total. The van der Waals surface area contributed by atoms with Crippen molar-refractivity contribution in [2.75, 3.05) is 23.0 Å². The van der Waals surface area contributed by atoms with Gasteiger partial charge in [0.15, 0.2) is 0 Å². The third-order valence-electron chi connectivity index (χ3n) is 5.09. The highest BCUT2D eigenvalue weighted by molar-refractivity contribution is 7.98. The fourth-order valence-corrected chi connectivity index (χ4v) is 3.94. The van der Waals surface area contributed by atoms with E-state index < -0.39 is 0 Å². The van der Waals surface area contributed by atoms with Crippen LogP contribution in [-0.4, -0.2) is 44.2 Å². The van der Waals surface area contributed by atoms with Gasteiger partial charge >= 0.3 is 0 Å². The maximum absolute atomic E-state index is 12.8. The largest absolute Gasteiger partial charge is 0.324 e. The molecule has 0 spiro atoms. The molecule has 1 aromatic carbocycles. The van der Waals surface area contributed by atoms with E-state index in [2.05, 4.69) is 20.4 Å². The van der Waals surface area contributed by atoms with E-state index in [0.29, 0.717) is 29.6 Å². The summed E-state index contributed by atoms with van der Waals surface area (Å²) in [5.74, 6) is 0.455. The Morgan fingerprint density at radius 1 is 1.24 bits per heavy atom. The van der Waals surface area contributed by atoms with E-state index in [4.69, 9.17) is 0 Å². The van der Waals surface area contributed by atoms with Gasteiger partial charge in [-0.3, -0.25) is 9.59 Å². The van der Waals surface area contributed by atoms with Gasteiger partial charge in [0.2, 0.25) is 17.0 Å². The number of carbonyl (C=O) groups is 2. The van der Waals surface area contributed by atoms with Crippen LogP contribution in [0.2, 0.25) is 0 Å². The highest BCUT2D eigenvalue weighted by Gasteiger charge is 2.24. The number of nitrogens with one attached hydrogen (secondary N) is 1. The molecular formula is C20H22N6O2S. The SMILES string of the molecule is CSc1nc2nc(C)c(CC(=O)Nc3ccccc3N3CCCC3=O)c(C)n2n1. The second kappa shape index (κ2) is 7.82. The van der Waals surface area contributed by atoms with Crippen LogP contribution >= 0.6 is 11.8 Å². The molecule has 0 saturated carbocycles. The Balaban J connectivity index is 1.59. The molecule has 4 rings (SSSR count). The Labute approximate surface area is 172 Å². The molecule has 3 heterocycles. The van der Waals surface area contributed by atoms with Crippen LogP contribution in [0, 0.1) is 13.8 Å². The molecule has 9 heteroatoms. The second-order valence-corrected chi connectivity index (χ2v) is 7.74. The number of rotatable bonds is 5. The normalized spacial score (nSPS) is 14.0. The Morgan fingerprint density at radius 2 is 2.03 bits per heavy atom. The van der Waals surface area contributed by atoms with Crippen LogP contribution in [0.5, 0.6) is 0 Å². The van der Waals surface area contributed by atoms with Crippen LogP contribution in [0.4, 0.5) is 11.4 Å². The Hall–Kier alpha value is -2.94. The minimum Gasteiger partial charge on any atom is -0.324 e. The van der Waals surface area contributed by atoms with Crippen molar-refractivity contribution >= 4 is 40.7 Å². The Kier molecular flexibility index (Phi) is 5.23. The molecule has 0 atom stereocenters. The van der Waals surface area contributed by atoms with Gasteiger partial charge in [0.25, 0.3) is 5.78 Å². The first kappa shape index (κ1) is 19.4. The summed E-state index contributed by atoms with van der Waals surface area (Å²) in [5.41, 5.74) is 3.81. The molecule has 3 aromatic rings. The number of hydrogen-bond donors (Lipinski definition) is 1. The van der Waals surface area contributed by atoms with Crippen molar-refractivity contribution in [3.05, 3.63) is 41.2 Å². The van der Waals surface area contributed by atoms with Crippen LogP contribution in [0.3, 0.4) is 0 Å². The van der Waals surface area contributed by atoms with Gasteiger partial charge in [-0.05, 0) is 38.7 Å². The van der Waals surface area contributed by atoms with Gasteiger partial charge in [-0.25, -0.2) is 9.50 Å². The molecule has 0 aliphatic carbocycles. The third-order valence-corrected chi connectivity index (χ3v) is 5.63. The molecule has 2 amide bonds. The molecular weight excluding hydrogens is 388 g/mol. The van der Waals surface area contributed by atoms with Gasteiger partial charge in [0, 0.05) is 29.9 Å². The van der Waals surface area contributed by atoms with Crippen LogP contribution in [0.1, 0.15) is 29.8 Å². The molecule has 29 heavy (non-hydrogen) atoms. The molecule has 8 nitrogen and oxygen atoms in total. The standard InChI is InChI=1S/C20H22N6O2S/c1-12-14(13(2)26-19(21-12)23-20(24-26)29-3)11-17(27)22-15-7-4-5-8-16(15)25-10-6-9-18(25)28/h4-5,7-8H,6,9-11H2,1-3H3,(H,22,27). The highest BCUT2D eigenvalue weighted by atomic mass is 32.2. The minimum atomic E-state index is -0.165. The molecule has 1 fully saturated rings. The van der Waals surface area contributed by atoms with Crippen molar-refractivity contribution in [1.29, 1.82) is 0 Å². The first-order valence-electron chi connectivity index (χ1n) is 9.44. The van der Waals surface area contributed by atoms with Gasteiger partial charge in [-0.15, -0.1) is 5.10 Å². The van der Waals surface area contributed by atoms with Gasteiger partial charge in [-0.1, -0.05) is 23.9 Å². The van der Waals surface area contributed by atoms with Gasteiger partial charge < -0.3 is 10.2 Å². The fraction of sp³-hybridized carbons (Fsp3) is 0.350. The zero-order valence-corrected chi connectivity index (χ0v) is 17.4. The number of carbonyl (C=O) groups excluding carboxylic acids is 2. The van der Waals surface area contributed by atoms with Crippen LogP contribution in [0.15, 0.2) is 29.4 Å². The van der Waals surface area contributed by atoms with Gasteiger partial charge in [0.1, 0.15) is 0 Å². The van der Waals surface area contributed by atoms with Crippen LogP contribution in [0.25, 0.3) is 5.78 Å². The zero-order chi connectivity index (χ0) is 20.5. The predicted molar refractivity (Wildman–Crippen MR) is 112 cm³/mol. The van der Waals surface area contributed by atoms with E-state index in [9.17, 15) is 9.59 Å². The van der Waals surface area contributed by atoms with Crippen molar-refractivity contribution in [2.45, 2.75) is 38.3 Å². The number of thioether (sulfide) groups is 1. The molecule has 1 aliphatic rings. The lowest BCUT2D eigenvalue weighted by atomic mass is 10.1. The topological polar surface area (TPSA) is 92.5 Å². The molecule has 150 valence electrons. The van der Waals surface area contributed by atoms with E-state index in [-0.39, 0.29) is 18.2 Å². The zero-order valence-electron chi connectivity index (χ0n) is 16.6. The lowest BCUT2D eigenvalue weighted by molar-refractivity contribution is -0.117. The summed E-state index contributed by atoms with van der Waals surface area (Å²) in [6.07, 6.45) is 3.45. The molecule has 0 unspecified atom stereocenters. The molecule has 0 radical (unpaired) electrons. The average Bonchev–Trinajstić information content (AvgIpc) is 3.31. The molecule has 2 aromatic heterocycles. The average molecular weight is 411 g/mol. The Bertz CT molecular complexity index is 1110. The summed E-state index contributed by atoms with van der Waals surface area (Å²) >= 11 is 1.45. The lowest BCUT2D eigenvalue weighted by Crippen LogP contribution is -2.26. The molecule has 0 bridgehead atoms. The summed E-state index contributed by atoms with van der Waals surface area (Å²) in [5, 5.41) is 8.04. The van der Waals surface area contributed by atoms with Crippen molar-refractivity contribution in [2.24, 2.45) is 0 Å². The number of aryl methyl sites for hydroxylation is 2. The van der Waals surface area contributed by atoms with Gasteiger partial charge in [-0.2, -0.15) is 4.98 Å². The number of benzene rings is 1. The lowest BCUT2D eigenvalue weighted by Gasteiger charge is -2.20. The van der Waals surface area contributed by atoms with Crippen molar-refractivity contribution in [3.8, 4) is 0 Å². The maximum Gasteiger partial charge on any atom is 0.253 e. The first-order valence-corrected chi connectivity index (χ1v) is 10.7. The Morgan fingerprint density at radius 3 is 2.76 bits per heavy atom. The minimum absolute atomic E-state index is 0.0869.